The van der Waals surface area contributed by atoms with E-state index in [9.17, 15) is 0 Å². The van der Waals surface area contributed by atoms with Crippen molar-refractivity contribution in [1.29, 1.82) is 0 Å². The van der Waals surface area contributed by atoms with Crippen LogP contribution in [0.2, 0.25) is 0 Å². The molecule has 3 rings (SSSR count). The van der Waals surface area contributed by atoms with Gasteiger partial charge in [0.25, 0.3) is 0 Å². The number of fused-ring (bicyclic) bond motifs is 1. The molecule has 0 aliphatic rings. The van der Waals surface area contributed by atoms with E-state index in [1.165, 1.54) is 0 Å². The van der Waals surface area contributed by atoms with Crippen molar-refractivity contribution in [2.24, 2.45) is 0 Å². The average molecular weight is 315 g/mol. The predicted molar refractivity (Wildman–Crippen MR) is 78.5 cm³/mol. The number of nitrogens with zero attached hydrogens (tertiary/aromatic N) is 2. The summed E-state index contributed by atoms with van der Waals surface area (Å²) in [4.78, 5) is 8.75. The highest BCUT2D eigenvalue weighted by Gasteiger charge is 2.03. The zero-order chi connectivity index (χ0) is 13.2. The van der Waals surface area contributed by atoms with Crippen LogP contribution in [0, 0.1) is 6.92 Å². The summed E-state index contributed by atoms with van der Waals surface area (Å²) in [7, 11) is 0. The van der Waals surface area contributed by atoms with Gasteiger partial charge < -0.3 is 4.74 Å². The van der Waals surface area contributed by atoms with E-state index >= 15 is 0 Å². The third kappa shape index (κ3) is 2.58. The highest BCUT2D eigenvalue weighted by molar-refractivity contribution is 9.10. The lowest BCUT2D eigenvalue weighted by atomic mass is 10.2. The lowest BCUT2D eigenvalue weighted by Gasteiger charge is -2.06. The van der Waals surface area contributed by atoms with E-state index in [1.807, 2.05) is 49.4 Å². The second kappa shape index (κ2) is 4.97. The Morgan fingerprint density at radius 1 is 1.05 bits per heavy atom. The smallest absolute Gasteiger partial charge is 0.238 e. The topological polar surface area (TPSA) is 35.0 Å². The first-order valence-corrected chi connectivity index (χ1v) is 6.67. The van der Waals surface area contributed by atoms with Crippen molar-refractivity contribution in [3.63, 3.8) is 0 Å². The fourth-order valence-electron chi connectivity index (χ4n) is 1.79. The van der Waals surface area contributed by atoms with Gasteiger partial charge in [0.2, 0.25) is 5.88 Å². The quantitative estimate of drug-likeness (QED) is 0.699. The number of ether oxygens (including phenoxy) is 1. The van der Waals surface area contributed by atoms with Crippen LogP contribution in [0.3, 0.4) is 0 Å². The first-order chi connectivity index (χ1) is 9.22. The molecule has 94 valence electrons. The van der Waals surface area contributed by atoms with E-state index in [-0.39, 0.29) is 0 Å². The fraction of sp³-hybridized carbons (Fsp3) is 0.0667. The molecular weight excluding hydrogens is 304 g/mol. The van der Waals surface area contributed by atoms with Gasteiger partial charge >= 0.3 is 0 Å². The minimum Gasteiger partial charge on any atom is -0.437 e. The summed E-state index contributed by atoms with van der Waals surface area (Å²) in [5.74, 6) is 1.26. The van der Waals surface area contributed by atoms with Crippen LogP contribution in [0.4, 0.5) is 0 Å². The summed E-state index contributed by atoms with van der Waals surface area (Å²) < 4.78 is 6.79. The number of rotatable bonds is 2. The van der Waals surface area contributed by atoms with Gasteiger partial charge in [0.05, 0.1) is 17.2 Å². The number of aromatic nitrogens is 2. The van der Waals surface area contributed by atoms with Gasteiger partial charge in [-0.25, -0.2) is 9.97 Å². The number of para-hydroxylation sites is 2. The molecule has 4 heteroatoms. The summed E-state index contributed by atoms with van der Waals surface area (Å²) in [6.45, 7) is 2.02. The van der Waals surface area contributed by atoms with E-state index in [4.69, 9.17) is 4.74 Å². The number of hydrogen-bond acceptors (Lipinski definition) is 3. The number of aryl methyl sites for hydroxylation is 1. The maximum atomic E-state index is 5.73. The monoisotopic (exact) mass is 314 g/mol. The van der Waals surface area contributed by atoms with E-state index in [0.717, 1.165) is 26.8 Å². The van der Waals surface area contributed by atoms with E-state index in [1.54, 1.807) is 6.20 Å². The van der Waals surface area contributed by atoms with Crippen molar-refractivity contribution in [3.8, 4) is 11.6 Å². The molecule has 0 aliphatic heterocycles. The molecule has 3 nitrogen and oxygen atoms in total. The van der Waals surface area contributed by atoms with Crippen molar-refractivity contribution < 1.29 is 4.74 Å². The van der Waals surface area contributed by atoms with Crippen LogP contribution < -0.4 is 4.74 Å². The van der Waals surface area contributed by atoms with E-state index in [2.05, 4.69) is 25.9 Å². The maximum absolute atomic E-state index is 5.73. The highest BCUT2D eigenvalue weighted by atomic mass is 79.9. The molecule has 0 fully saturated rings. The molecule has 1 heterocycles. The maximum Gasteiger partial charge on any atom is 0.238 e. The second-order valence-corrected chi connectivity index (χ2v) is 5.06. The molecule has 3 aromatic rings. The van der Waals surface area contributed by atoms with Gasteiger partial charge in [0.15, 0.2) is 0 Å². The Morgan fingerprint density at radius 2 is 1.84 bits per heavy atom. The molecule has 19 heavy (non-hydrogen) atoms. The molecule has 0 saturated heterocycles. The van der Waals surface area contributed by atoms with Crippen molar-refractivity contribution in [3.05, 3.63) is 58.7 Å². The van der Waals surface area contributed by atoms with Crippen molar-refractivity contribution in [1.82, 2.24) is 9.97 Å². The fourth-order valence-corrected chi connectivity index (χ4v) is 2.04. The van der Waals surface area contributed by atoms with Gasteiger partial charge in [-0.1, -0.05) is 28.1 Å². The van der Waals surface area contributed by atoms with E-state index < -0.39 is 0 Å². The standard InChI is InChI=1S/C15H11BrN2O/c1-10-8-11(6-7-12(10)16)19-15-9-17-13-4-2-3-5-14(13)18-15/h2-9H,1H3. The molecular formula is C15H11BrN2O. The van der Waals surface area contributed by atoms with Crippen molar-refractivity contribution >= 4 is 27.0 Å². The van der Waals surface area contributed by atoms with Crippen LogP contribution in [0.5, 0.6) is 11.6 Å². The van der Waals surface area contributed by atoms with Gasteiger partial charge in [0, 0.05) is 4.47 Å². The SMILES string of the molecule is Cc1cc(Oc2cnc3ccccc3n2)ccc1Br. The Hall–Kier alpha value is -1.94. The Balaban J connectivity index is 1.94. The van der Waals surface area contributed by atoms with Gasteiger partial charge in [-0.15, -0.1) is 0 Å². The molecule has 0 saturated carbocycles. The van der Waals surface area contributed by atoms with Gasteiger partial charge in [-0.05, 0) is 42.8 Å². The van der Waals surface area contributed by atoms with Gasteiger partial charge in [-0.3, -0.25) is 0 Å². The molecule has 0 radical (unpaired) electrons. The molecule has 0 aliphatic carbocycles. The molecule has 0 unspecified atom stereocenters. The summed E-state index contributed by atoms with van der Waals surface area (Å²) >= 11 is 3.46. The Bertz CT molecular complexity index is 743. The Labute approximate surface area is 119 Å². The number of halogens is 1. The van der Waals surface area contributed by atoms with Crippen LogP contribution in [-0.2, 0) is 0 Å². The zero-order valence-electron chi connectivity index (χ0n) is 10.3. The van der Waals surface area contributed by atoms with E-state index in [0.29, 0.717) is 5.88 Å². The van der Waals surface area contributed by atoms with Crippen LogP contribution >= 0.6 is 15.9 Å². The third-order valence-electron chi connectivity index (χ3n) is 2.78. The lowest BCUT2D eigenvalue weighted by molar-refractivity contribution is 0.462. The summed E-state index contributed by atoms with van der Waals surface area (Å²) in [6.07, 6.45) is 1.64. The molecule has 0 amide bonds. The number of hydrogen-bond donors (Lipinski definition) is 0. The van der Waals surface area contributed by atoms with Crippen LogP contribution in [0.25, 0.3) is 11.0 Å². The largest absolute Gasteiger partial charge is 0.437 e. The van der Waals surface area contributed by atoms with Gasteiger partial charge in [0.1, 0.15) is 5.75 Å². The normalized spacial score (nSPS) is 10.6. The molecule has 2 aromatic carbocycles. The molecule has 0 spiro atoms. The summed E-state index contributed by atoms with van der Waals surface area (Å²) in [5.41, 5.74) is 2.81. The molecule has 0 N–H and O–H groups in total. The zero-order valence-corrected chi connectivity index (χ0v) is 11.9. The first kappa shape index (κ1) is 12.1. The first-order valence-electron chi connectivity index (χ1n) is 5.88. The highest BCUT2D eigenvalue weighted by Crippen LogP contribution is 2.25. The third-order valence-corrected chi connectivity index (χ3v) is 3.67. The lowest BCUT2D eigenvalue weighted by Crippen LogP contribution is -1.91. The summed E-state index contributed by atoms with van der Waals surface area (Å²) in [5, 5.41) is 0. The van der Waals surface area contributed by atoms with Crippen LogP contribution in [0.15, 0.2) is 53.1 Å². The van der Waals surface area contributed by atoms with Crippen LogP contribution in [0.1, 0.15) is 5.56 Å². The minimum absolute atomic E-state index is 0.500. The molecule has 0 atom stereocenters. The molecule has 1 aromatic heterocycles. The van der Waals surface area contributed by atoms with Gasteiger partial charge in [-0.2, -0.15) is 0 Å². The second-order valence-electron chi connectivity index (χ2n) is 4.21. The average Bonchev–Trinajstić information content (AvgIpc) is 2.43. The Morgan fingerprint density at radius 3 is 2.63 bits per heavy atom. The van der Waals surface area contributed by atoms with Crippen molar-refractivity contribution in [2.45, 2.75) is 6.92 Å². The summed E-state index contributed by atoms with van der Waals surface area (Å²) in [6, 6.07) is 13.5. The number of benzene rings is 2. The van der Waals surface area contributed by atoms with Crippen LogP contribution in [-0.4, -0.2) is 9.97 Å². The predicted octanol–water partition coefficient (Wildman–Crippen LogP) is 4.49. The van der Waals surface area contributed by atoms with Crippen molar-refractivity contribution in [2.75, 3.05) is 0 Å². The molecule has 0 bridgehead atoms. The minimum atomic E-state index is 0.500. The Kier molecular flexibility index (Phi) is 3.17.